The molecule has 156 valence electrons. The zero-order chi connectivity index (χ0) is 21.4. The number of rotatable bonds is 3. The Bertz CT molecular complexity index is 1250. The lowest BCUT2D eigenvalue weighted by atomic mass is 10.2. The summed E-state index contributed by atoms with van der Waals surface area (Å²) in [7, 11) is 0. The zero-order valence-corrected chi connectivity index (χ0v) is 18.5. The van der Waals surface area contributed by atoms with Crippen LogP contribution in [0.25, 0.3) is 16.9 Å². The summed E-state index contributed by atoms with van der Waals surface area (Å²) >= 11 is 2.19. The quantitative estimate of drug-likeness (QED) is 0.380. The Balaban J connectivity index is 1.37. The van der Waals surface area contributed by atoms with Crippen molar-refractivity contribution in [1.29, 1.82) is 0 Å². The molecule has 4 aromatic rings. The maximum atomic E-state index is 13.3. The molecule has 2 aromatic carbocycles. The molecule has 0 radical (unpaired) electrons. The smallest absolute Gasteiger partial charge is 0.255 e. The minimum absolute atomic E-state index is 0.0414. The topological polar surface area (TPSA) is 80.0 Å². The fraction of sp³-hybridized carbons (Fsp3) is 0.190. The Kier molecular flexibility index (Phi) is 5.22. The molecular weight excluding hydrogens is 512 g/mol. The minimum atomic E-state index is -0.318. The van der Waals surface area contributed by atoms with Gasteiger partial charge in [-0.3, -0.25) is 4.79 Å². The highest BCUT2D eigenvalue weighted by molar-refractivity contribution is 14.1. The van der Waals surface area contributed by atoms with E-state index in [2.05, 4.69) is 47.8 Å². The fourth-order valence-electron chi connectivity index (χ4n) is 3.65. The van der Waals surface area contributed by atoms with Crippen molar-refractivity contribution in [1.82, 2.24) is 29.9 Å². The van der Waals surface area contributed by atoms with Gasteiger partial charge in [-0.2, -0.15) is 4.68 Å². The van der Waals surface area contributed by atoms with Crippen LogP contribution >= 0.6 is 22.6 Å². The van der Waals surface area contributed by atoms with Gasteiger partial charge in [-0.1, -0.05) is 17.3 Å². The molecule has 0 atom stereocenters. The first-order chi connectivity index (χ1) is 15.1. The van der Waals surface area contributed by atoms with Crippen molar-refractivity contribution in [3.8, 4) is 5.69 Å². The maximum absolute atomic E-state index is 13.3. The van der Waals surface area contributed by atoms with Gasteiger partial charge in [-0.25, -0.2) is 14.4 Å². The van der Waals surface area contributed by atoms with Crippen LogP contribution in [0.4, 0.5) is 10.2 Å². The Hall–Kier alpha value is -3.15. The van der Waals surface area contributed by atoms with E-state index in [-0.39, 0.29) is 11.7 Å². The largest absolute Gasteiger partial charge is 0.351 e. The lowest BCUT2D eigenvalue weighted by molar-refractivity contribution is 0.0745. The summed E-state index contributed by atoms with van der Waals surface area (Å²) in [4.78, 5) is 25.6. The van der Waals surface area contributed by atoms with Crippen molar-refractivity contribution in [3.05, 3.63) is 69.8 Å². The number of hydrogen-bond donors (Lipinski definition) is 0. The zero-order valence-electron chi connectivity index (χ0n) is 16.3. The number of anilines is 1. The van der Waals surface area contributed by atoms with Gasteiger partial charge in [0.05, 0.1) is 11.3 Å². The normalized spacial score (nSPS) is 14.3. The number of piperazine rings is 1. The molecule has 0 N–H and O–H groups in total. The number of nitrogens with zero attached hydrogens (tertiary/aromatic N) is 7. The number of halogens is 2. The van der Waals surface area contributed by atoms with Crippen LogP contribution in [0.15, 0.2) is 54.9 Å². The van der Waals surface area contributed by atoms with Crippen molar-refractivity contribution >= 4 is 45.5 Å². The van der Waals surface area contributed by atoms with Gasteiger partial charge in [0.15, 0.2) is 17.0 Å². The highest BCUT2D eigenvalue weighted by Crippen LogP contribution is 2.24. The van der Waals surface area contributed by atoms with E-state index in [4.69, 9.17) is 0 Å². The molecule has 1 amide bonds. The number of fused-ring (bicyclic) bond motifs is 1. The standard InChI is InChI=1S/C21H17FIN7O/c22-14-5-7-15(8-6-14)30-20-18(26-27-30)19(24-13-25-20)28-9-11-29(12-10-28)21(31)16-3-1-2-4-17(16)23/h1-8,13H,9-12H2. The van der Waals surface area contributed by atoms with Crippen molar-refractivity contribution in [2.75, 3.05) is 31.1 Å². The number of aromatic nitrogens is 5. The van der Waals surface area contributed by atoms with Crippen molar-refractivity contribution in [3.63, 3.8) is 0 Å². The average Bonchev–Trinajstić information content (AvgIpc) is 3.24. The molecular formula is C21H17FIN7O. The van der Waals surface area contributed by atoms with Crippen LogP contribution in [-0.2, 0) is 0 Å². The van der Waals surface area contributed by atoms with Gasteiger partial charge in [-0.15, -0.1) is 5.10 Å². The molecule has 0 spiro atoms. The number of benzene rings is 2. The first kappa shape index (κ1) is 19.8. The van der Waals surface area contributed by atoms with Crippen LogP contribution in [0.2, 0.25) is 0 Å². The second-order valence-electron chi connectivity index (χ2n) is 7.11. The first-order valence-corrected chi connectivity index (χ1v) is 10.8. The van der Waals surface area contributed by atoms with Gasteiger partial charge in [-0.05, 0) is 59.0 Å². The Morgan fingerprint density at radius 2 is 1.71 bits per heavy atom. The fourth-order valence-corrected chi connectivity index (χ4v) is 4.27. The average molecular weight is 529 g/mol. The molecule has 0 aliphatic carbocycles. The van der Waals surface area contributed by atoms with Crippen molar-refractivity contribution < 1.29 is 9.18 Å². The van der Waals surface area contributed by atoms with Crippen LogP contribution in [0.5, 0.6) is 0 Å². The summed E-state index contributed by atoms with van der Waals surface area (Å²) in [6.07, 6.45) is 1.48. The third kappa shape index (κ3) is 3.71. The van der Waals surface area contributed by atoms with Gasteiger partial charge >= 0.3 is 0 Å². The predicted octanol–water partition coefficient (Wildman–Crippen LogP) is 2.92. The predicted molar refractivity (Wildman–Crippen MR) is 122 cm³/mol. The van der Waals surface area contributed by atoms with Gasteiger partial charge in [0.2, 0.25) is 0 Å². The second kappa shape index (κ2) is 8.17. The summed E-state index contributed by atoms with van der Waals surface area (Å²) in [5, 5.41) is 8.47. The van der Waals surface area contributed by atoms with Crippen LogP contribution in [0.3, 0.4) is 0 Å². The molecule has 1 fully saturated rings. The molecule has 10 heteroatoms. The summed E-state index contributed by atoms with van der Waals surface area (Å²) in [6.45, 7) is 2.43. The number of amides is 1. The van der Waals surface area contributed by atoms with Crippen LogP contribution in [0.1, 0.15) is 10.4 Å². The molecule has 8 nitrogen and oxygen atoms in total. The number of hydrogen-bond acceptors (Lipinski definition) is 6. The molecule has 5 rings (SSSR count). The van der Waals surface area contributed by atoms with E-state index in [0.717, 1.165) is 9.13 Å². The van der Waals surface area contributed by atoms with Crippen LogP contribution in [-0.4, -0.2) is 61.9 Å². The van der Waals surface area contributed by atoms with E-state index in [0.29, 0.717) is 48.8 Å². The van der Waals surface area contributed by atoms with Crippen LogP contribution < -0.4 is 4.90 Å². The number of carbonyl (C=O) groups is 1. The summed E-state index contributed by atoms with van der Waals surface area (Å²) in [5.41, 5.74) is 2.52. The molecule has 1 saturated heterocycles. The monoisotopic (exact) mass is 529 g/mol. The second-order valence-corrected chi connectivity index (χ2v) is 8.27. The molecule has 1 aliphatic rings. The van der Waals surface area contributed by atoms with E-state index < -0.39 is 0 Å². The highest BCUT2D eigenvalue weighted by atomic mass is 127. The van der Waals surface area contributed by atoms with E-state index in [1.54, 1.807) is 16.8 Å². The Morgan fingerprint density at radius 3 is 2.45 bits per heavy atom. The molecule has 2 aromatic heterocycles. The van der Waals surface area contributed by atoms with Gasteiger partial charge in [0, 0.05) is 29.7 Å². The van der Waals surface area contributed by atoms with Gasteiger partial charge < -0.3 is 9.80 Å². The molecule has 1 aliphatic heterocycles. The summed E-state index contributed by atoms with van der Waals surface area (Å²) in [5.74, 6) is 0.403. The number of carbonyl (C=O) groups excluding carboxylic acids is 1. The molecule has 31 heavy (non-hydrogen) atoms. The van der Waals surface area contributed by atoms with E-state index in [1.165, 1.54) is 18.5 Å². The van der Waals surface area contributed by atoms with Crippen LogP contribution in [0, 0.1) is 9.39 Å². The van der Waals surface area contributed by atoms with Gasteiger partial charge in [0.1, 0.15) is 12.1 Å². The summed E-state index contributed by atoms with van der Waals surface area (Å²) < 4.78 is 15.8. The van der Waals surface area contributed by atoms with Crippen molar-refractivity contribution in [2.24, 2.45) is 0 Å². The minimum Gasteiger partial charge on any atom is -0.351 e. The summed E-state index contributed by atoms with van der Waals surface area (Å²) in [6, 6.07) is 13.6. The highest BCUT2D eigenvalue weighted by Gasteiger charge is 2.26. The third-order valence-electron chi connectivity index (χ3n) is 5.26. The SMILES string of the molecule is O=C(c1ccccc1I)N1CCN(c2ncnc3c2nnn3-c2ccc(F)cc2)CC1. The molecule has 0 saturated carbocycles. The molecule has 0 bridgehead atoms. The molecule has 0 unspecified atom stereocenters. The maximum Gasteiger partial charge on any atom is 0.255 e. The Morgan fingerprint density at radius 1 is 0.968 bits per heavy atom. The molecule has 3 heterocycles. The lowest BCUT2D eigenvalue weighted by Crippen LogP contribution is -2.49. The Labute approximate surface area is 190 Å². The third-order valence-corrected chi connectivity index (χ3v) is 6.20. The van der Waals surface area contributed by atoms with Crippen molar-refractivity contribution in [2.45, 2.75) is 0 Å². The van der Waals surface area contributed by atoms with E-state index >= 15 is 0 Å². The van der Waals surface area contributed by atoms with E-state index in [1.807, 2.05) is 29.2 Å². The van der Waals surface area contributed by atoms with Gasteiger partial charge in [0.25, 0.3) is 5.91 Å². The van der Waals surface area contributed by atoms with E-state index in [9.17, 15) is 9.18 Å². The lowest BCUT2D eigenvalue weighted by Gasteiger charge is -2.35. The first-order valence-electron chi connectivity index (χ1n) is 9.73.